The van der Waals surface area contributed by atoms with E-state index < -0.39 is 18.5 Å². The van der Waals surface area contributed by atoms with Gasteiger partial charge < -0.3 is 10.1 Å². The molecule has 27 heavy (non-hydrogen) atoms. The Hall–Kier alpha value is -2.41. The minimum absolute atomic E-state index is 0.0664. The lowest BCUT2D eigenvalue weighted by Crippen LogP contribution is -2.20. The molecule has 0 aliphatic carbocycles. The number of hydrogen-bond acceptors (Lipinski definition) is 5. The van der Waals surface area contributed by atoms with Gasteiger partial charge in [0.05, 0.1) is 5.02 Å². The molecular weight excluding hydrogens is 409 g/mol. The van der Waals surface area contributed by atoms with Crippen LogP contribution in [0, 0.1) is 0 Å². The van der Waals surface area contributed by atoms with Gasteiger partial charge in [-0.2, -0.15) is 0 Å². The number of esters is 1. The van der Waals surface area contributed by atoms with E-state index in [0.29, 0.717) is 21.7 Å². The molecule has 1 amide bonds. The van der Waals surface area contributed by atoms with E-state index in [-0.39, 0.29) is 15.7 Å². The molecule has 3 aromatic rings. The van der Waals surface area contributed by atoms with Crippen molar-refractivity contribution in [3.63, 3.8) is 0 Å². The second kappa shape index (κ2) is 8.08. The number of ether oxygens (including phenoxy) is 1. The number of anilines is 1. The molecule has 1 N–H and O–H groups in total. The fourth-order valence-corrected chi connectivity index (χ4v) is 4.03. The topological polar surface area (TPSA) is 72.5 Å². The Bertz CT molecular complexity index is 1040. The van der Waals surface area contributed by atoms with Crippen LogP contribution in [0.15, 0.2) is 42.5 Å². The number of benzene rings is 2. The first-order valence-corrected chi connectivity index (χ1v) is 9.38. The number of Topliss-reactive ketones (excluding diaryl/α,β-unsaturated/α-hetero) is 1. The highest BCUT2D eigenvalue weighted by Gasteiger charge is 2.19. The zero-order chi connectivity index (χ0) is 19.6. The summed E-state index contributed by atoms with van der Waals surface area (Å²) >= 11 is 13.3. The van der Waals surface area contributed by atoms with Gasteiger partial charge in [0.2, 0.25) is 0 Å². The third kappa shape index (κ3) is 4.47. The summed E-state index contributed by atoms with van der Waals surface area (Å²) < 4.78 is 5.81. The maximum absolute atomic E-state index is 12.2. The van der Waals surface area contributed by atoms with E-state index in [1.54, 1.807) is 42.5 Å². The lowest BCUT2D eigenvalue weighted by molar-refractivity contribution is -0.119. The van der Waals surface area contributed by atoms with E-state index >= 15 is 0 Å². The number of amides is 1. The molecular formula is C19H13Cl2NO4S. The summed E-state index contributed by atoms with van der Waals surface area (Å²) in [4.78, 5) is 35.7. The van der Waals surface area contributed by atoms with Gasteiger partial charge in [0.1, 0.15) is 4.88 Å². The third-order valence-corrected chi connectivity index (χ3v) is 5.56. The van der Waals surface area contributed by atoms with Gasteiger partial charge in [0.25, 0.3) is 5.91 Å². The summed E-state index contributed by atoms with van der Waals surface area (Å²) in [5.41, 5.74) is 1.04. The lowest BCUT2D eigenvalue weighted by atomic mass is 10.1. The Balaban J connectivity index is 1.62. The Kier molecular flexibility index (Phi) is 5.79. The van der Waals surface area contributed by atoms with E-state index in [0.717, 1.165) is 16.0 Å². The van der Waals surface area contributed by atoms with Crippen molar-refractivity contribution in [1.29, 1.82) is 0 Å². The van der Waals surface area contributed by atoms with Crippen LogP contribution in [-0.2, 0) is 9.53 Å². The van der Waals surface area contributed by atoms with E-state index in [9.17, 15) is 14.4 Å². The second-order valence-electron chi connectivity index (χ2n) is 5.64. The zero-order valence-electron chi connectivity index (χ0n) is 14.0. The van der Waals surface area contributed by atoms with Crippen LogP contribution in [0.3, 0.4) is 0 Å². The largest absolute Gasteiger partial charge is 0.451 e. The minimum Gasteiger partial charge on any atom is -0.451 e. The molecule has 0 fully saturated rings. The zero-order valence-corrected chi connectivity index (χ0v) is 16.4. The monoisotopic (exact) mass is 421 g/mol. The summed E-state index contributed by atoms with van der Waals surface area (Å²) in [7, 11) is 0. The van der Waals surface area contributed by atoms with E-state index in [1.165, 1.54) is 6.92 Å². The first-order valence-electron chi connectivity index (χ1n) is 7.80. The predicted molar refractivity (Wildman–Crippen MR) is 107 cm³/mol. The molecule has 0 atom stereocenters. The van der Waals surface area contributed by atoms with Gasteiger partial charge >= 0.3 is 5.97 Å². The molecule has 0 spiro atoms. The molecule has 8 heteroatoms. The highest BCUT2D eigenvalue weighted by molar-refractivity contribution is 7.21. The summed E-state index contributed by atoms with van der Waals surface area (Å²) in [5.74, 6) is -1.25. The molecule has 0 saturated heterocycles. The number of thiophene rings is 1. The number of ketones is 1. The van der Waals surface area contributed by atoms with E-state index in [2.05, 4.69) is 5.32 Å². The van der Waals surface area contributed by atoms with Crippen molar-refractivity contribution in [1.82, 2.24) is 0 Å². The van der Waals surface area contributed by atoms with Gasteiger partial charge in [0, 0.05) is 26.4 Å². The van der Waals surface area contributed by atoms with Crippen LogP contribution in [0.1, 0.15) is 27.0 Å². The van der Waals surface area contributed by atoms with Crippen LogP contribution in [0.4, 0.5) is 5.69 Å². The minimum atomic E-state index is -0.681. The quantitative estimate of drug-likeness (QED) is 0.453. The smallest absolute Gasteiger partial charge is 0.350 e. The number of halogens is 2. The van der Waals surface area contributed by atoms with Crippen LogP contribution < -0.4 is 5.32 Å². The maximum Gasteiger partial charge on any atom is 0.350 e. The second-order valence-corrected chi connectivity index (χ2v) is 7.51. The van der Waals surface area contributed by atoms with Crippen molar-refractivity contribution >= 4 is 68.0 Å². The van der Waals surface area contributed by atoms with Crippen molar-refractivity contribution in [3.8, 4) is 0 Å². The Morgan fingerprint density at radius 1 is 1.07 bits per heavy atom. The average Bonchev–Trinajstić information content (AvgIpc) is 2.96. The molecule has 0 saturated carbocycles. The fourth-order valence-electron chi connectivity index (χ4n) is 2.35. The highest BCUT2D eigenvalue weighted by Crippen LogP contribution is 2.37. The van der Waals surface area contributed by atoms with Crippen LogP contribution in [0.2, 0.25) is 10.0 Å². The molecule has 0 unspecified atom stereocenters. The number of carbonyl (C=O) groups excluding carboxylic acids is 3. The van der Waals surface area contributed by atoms with Crippen molar-refractivity contribution in [2.75, 3.05) is 11.9 Å². The summed E-state index contributed by atoms with van der Waals surface area (Å²) in [6.07, 6.45) is 0. The molecule has 5 nitrogen and oxygen atoms in total. The van der Waals surface area contributed by atoms with Gasteiger partial charge in [-0.1, -0.05) is 29.3 Å². The number of nitrogens with one attached hydrogen (secondary N) is 1. The number of hydrogen-bond donors (Lipinski definition) is 1. The van der Waals surface area contributed by atoms with E-state index in [4.69, 9.17) is 27.9 Å². The van der Waals surface area contributed by atoms with Gasteiger partial charge in [-0.3, -0.25) is 9.59 Å². The summed E-state index contributed by atoms with van der Waals surface area (Å²) in [6, 6.07) is 11.5. The van der Waals surface area contributed by atoms with Crippen molar-refractivity contribution < 1.29 is 19.1 Å². The van der Waals surface area contributed by atoms with Crippen molar-refractivity contribution in [2.45, 2.75) is 6.92 Å². The van der Waals surface area contributed by atoms with Gasteiger partial charge in [0.15, 0.2) is 12.4 Å². The third-order valence-electron chi connectivity index (χ3n) is 3.69. The lowest BCUT2D eigenvalue weighted by Gasteiger charge is -2.06. The first kappa shape index (κ1) is 19.4. The molecule has 1 aromatic heterocycles. The number of fused-ring (bicyclic) bond motifs is 1. The molecule has 1 heterocycles. The van der Waals surface area contributed by atoms with Gasteiger partial charge in [-0.05, 0) is 43.3 Å². The van der Waals surface area contributed by atoms with Crippen LogP contribution >= 0.6 is 34.5 Å². The Labute approximate surface area is 168 Å². The van der Waals surface area contributed by atoms with Crippen LogP contribution in [0.5, 0.6) is 0 Å². The van der Waals surface area contributed by atoms with Crippen LogP contribution in [-0.4, -0.2) is 24.3 Å². The van der Waals surface area contributed by atoms with Crippen molar-refractivity contribution in [3.05, 3.63) is 63.0 Å². The summed E-state index contributed by atoms with van der Waals surface area (Å²) in [5, 5.41) is 4.10. The molecule has 0 aliphatic rings. The Morgan fingerprint density at radius 2 is 1.78 bits per heavy atom. The molecule has 138 valence electrons. The Morgan fingerprint density at radius 3 is 2.44 bits per heavy atom. The fraction of sp³-hybridized carbons (Fsp3) is 0.105. The number of carbonyl (C=O) groups is 3. The predicted octanol–water partition coefficient (Wildman–Crippen LogP) is 5.21. The highest BCUT2D eigenvalue weighted by atomic mass is 35.5. The van der Waals surface area contributed by atoms with Gasteiger partial charge in [-0.15, -0.1) is 11.3 Å². The molecule has 0 aliphatic heterocycles. The molecule has 2 aromatic carbocycles. The molecule has 0 radical (unpaired) electrons. The SMILES string of the molecule is CC(=O)c1ccc(NC(=O)COC(=O)c2sc3cc(Cl)ccc3c2Cl)cc1. The van der Waals surface area contributed by atoms with Crippen molar-refractivity contribution in [2.24, 2.45) is 0 Å². The molecule has 3 rings (SSSR count). The summed E-state index contributed by atoms with van der Waals surface area (Å²) in [6.45, 7) is 0.999. The molecule has 0 bridgehead atoms. The van der Waals surface area contributed by atoms with Crippen LogP contribution in [0.25, 0.3) is 10.1 Å². The van der Waals surface area contributed by atoms with E-state index in [1.807, 2.05) is 0 Å². The maximum atomic E-state index is 12.2. The van der Waals surface area contributed by atoms with Gasteiger partial charge in [-0.25, -0.2) is 4.79 Å². The first-order chi connectivity index (χ1) is 12.8. The average molecular weight is 422 g/mol. The standard InChI is InChI=1S/C19H13Cl2NO4S/c1-10(23)11-2-5-13(6-3-11)22-16(24)9-26-19(25)18-17(21)14-7-4-12(20)8-15(14)27-18/h2-8H,9H2,1H3,(H,22,24). The normalized spacial score (nSPS) is 10.6. The number of rotatable bonds is 5.